The lowest BCUT2D eigenvalue weighted by Gasteiger charge is -2.12. The molecular weight excluding hydrogens is 258 g/mol. The molecule has 7 heteroatoms. The van der Waals surface area contributed by atoms with E-state index in [1.54, 1.807) is 13.1 Å². The van der Waals surface area contributed by atoms with E-state index in [1.807, 2.05) is 0 Å². The molecule has 1 amide bonds. The van der Waals surface area contributed by atoms with Crippen molar-refractivity contribution in [3.63, 3.8) is 0 Å². The molecule has 5 nitrogen and oxygen atoms in total. The standard InChI is InChI=1S/C12H16F2N2O3/c1-15-6-5-11(17)16-8-3-4-9(18-2)10(7-8)19-12(13)14/h3-4,7,12,15H,5-6H2,1-2H3,(H,16,17). The van der Waals surface area contributed by atoms with Gasteiger partial charge in [-0.2, -0.15) is 8.78 Å². The van der Waals surface area contributed by atoms with Gasteiger partial charge in [0.15, 0.2) is 11.5 Å². The normalized spacial score (nSPS) is 10.4. The Morgan fingerprint density at radius 3 is 2.68 bits per heavy atom. The highest BCUT2D eigenvalue weighted by Crippen LogP contribution is 2.31. The number of hydrogen-bond donors (Lipinski definition) is 2. The first-order valence-electron chi connectivity index (χ1n) is 5.64. The van der Waals surface area contributed by atoms with Crippen molar-refractivity contribution < 1.29 is 23.0 Å². The summed E-state index contributed by atoms with van der Waals surface area (Å²) in [5.41, 5.74) is 0.373. The molecule has 1 aromatic carbocycles. The van der Waals surface area contributed by atoms with E-state index in [0.717, 1.165) is 0 Å². The molecule has 0 saturated carbocycles. The smallest absolute Gasteiger partial charge is 0.387 e. The second kappa shape index (κ2) is 7.52. The predicted molar refractivity (Wildman–Crippen MR) is 66.8 cm³/mol. The van der Waals surface area contributed by atoms with Gasteiger partial charge in [0.2, 0.25) is 5.91 Å². The molecule has 0 spiro atoms. The van der Waals surface area contributed by atoms with E-state index >= 15 is 0 Å². The van der Waals surface area contributed by atoms with Gasteiger partial charge < -0.3 is 20.1 Å². The van der Waals surface area contributed by atoms with Gasteiger partial charge in [0.05, 0.1) is 7.11 Å². The summed E-state index contributed by atoms with van der Waals surface area (Å²) < 4.78 is 33.7. The van der Waals surface area contributed by atoms with Gasteiger partial charge >= 0.3 is 6.61 Å². The van der Waals surface area contributed by atoms with Crippen molar-refractivity contribution in [2.24, 2.45) is 0 Å². The number of ether oxygens (including phenoxy) is 2. The van der Waals surface area contributed by atoms with Crippen LogP contribution in [0.3, 0.4) is 0 Å². The van der Waals surface area contributed by atoms with Crippen molar-refractivity contribution in [2.45, 2.75) is 13.0 Å². The minimum atomic E-state index is -2.95. The Kier molecular flexibility index (Phi) is 6.01. The molecule has 0 aromatic heterocycles. The first kappa shape index (κ1) is 15.2. The van der Waals surface area contributed by atoms with E-state index < -0.39 is 6.61 Å². The van der Waals surface area contributed by atoms with Crippen molar-refractivity contribution in [1.29, 1.82) is 0 Å². The zero-order chi connectivity index (χ0) is 14.3. The number of anilines is 1. The molecule has 1 rings (SSSR count). The number of alkyl halides is 2. The van der Waals surface area contributed by atoms with Crippen LogP contribution < -0.4 is 20.1 Å². The van der Waals surface area contributed by atoms with Gasteiger partial charge in [-0.1, -0.05) is 0 Å². The van der Waals surface area contributed by atoms with Gasteiger partial charge in [0.1, 0.15) is 0 Å². The molecule has 0 aliphatic carbocycles. The zero-order valence-electron chi connectivity index (χ0n) is 10.7. The molecule has 106 valence electrons. The minimum absolute atomic E-state index is 0.121. The van der Waals surface area contributed by atoms with Crippen LogP contribution >= 0.6 is 0 Å². The van der Waals surface area contributed by atoms with Crippen molar-refractivity contribution >= 4 is 11.6 Å². The number of methoxy groups -OCH3 is 1. The summed E-state index contributed by atoms with van der Waals surface area (Å²) in [4.78, 5) is 11.5. The maximum atomic E-state index is 12.2. The quantitative estimate of drug-likeness (QED) is 0.796. The van der Waals surface area contributed by atoms with E-state index in [0.29, 0.717) is 12.2 Å². The number of nitrogens with one attached hydrogen (secondary N) is 2. The summed E-state index contributed by atoms with van der Waals surface area (Å²) >= 11 is 0. The number of amides is 1. The molecule has 0 bridgehead atoms. The van der Waals surface area contributed by atoms with Crippen molar-refractivity contribution in [3.8, 4) is 11.5 Å². The van der Waals surface area contributed by atoms with Crippen LogP contribution in [0.15, 0.2) is 18.2 Å². The van der Waals surface area contributed by atoms with Crippen molar-refractivity contribution in [1.82, 2.24) is 5.32 Å². The van der Waals surface area contributed by atoms with E-state index in [-0.39, 0.29) is 23.8 Å². The van der Waals surface area contributed by atoms with Crippen LogP contribution in [0.25, 0.3) is 0 Å². The average molecular weight is 274 g/mol. The molecular formula is C12H16F2N2O3. The summed E-state index contributed by atoms with van der Waals surface area (Å²) in [5.74, 6) is -0.167. The number of rotatable bonds is 7. The van der Waals surface area contributed by atoms with E-state index in [4.69, 9.17) is 4.74 Å². The fraction of sp³-hybridized carbons (Fsp3) is 0.417. The molecule has 0 aliphatic rings. The van der Waals surface area contributed by atoms with Crippen LogP contribution in [0.5, 0.6) is 11.5 Å². The molecule has 0 fully saturated rings. The lowest BCUT2D eigenvalue weighted by molar-refractivity contribution is -0.116. The first-order valence-corrected chi connectivity index (χ1v) is 5.64. The summed E-state index contributed by atoms with van der Waals surface area (Å²) in [7, 11) is 3.08. The highest BCUT2D eigenvalue weighted by molar-refractivity contribution is 5.91. The molecule has 1 aromatic rings. The number of benzene rings is 1. The molecule has 0 unspecified atom stereocenters. The third-order valence-corrected chi connectivity index (χ3v) is 2.27. The Morgan fingerprint density at radius 2 is 2.11 bits per heavy atom. The Hall–Kier alpha value is -1.89. The van der Waals surface area contributed by atoms with E-state index in [1.165, 1.54) is 19.2 Å². The maximum absolute atomic E-state index is 12.2. The van der Waals surface area contributed by atoms with Crippen molar-refractivity contribution in [2.75, 3.05) is 26.0 Å². The van der Waals surface area contributed by atoms with Crippen LogP contribution in [-0.4, -0.2) is 33.2 Å². The third kappa shape index (κ3) is 5.09. The van der Waals surface area contributed by atoms with Crippen LogP contribution in [0.1, 0.15) is 6.42 Å². The van der Waals surface area contributed by atoms with E-state index in [2.05, 4.69) is 15.4 Å². The summed E-state index contributed by atoms with van der Waals surface area (Å²) in [6.45, 7) is -2.42. The highest BCUT2D eigenvalue weighted by atomic mass is 19.3. The number of halogens is 2. The second-order valence-corrected chi connectivity index (χ2v) is 3.65. The van der Waals surface area contributed by atoms with Gasteiger partial charge in [-0.25, -0.2) is 0 Å². The summed E-state index contributed by atoms with van der Waals surface area (Å²) in [6.07, 6.45) is 0.285. The lowest BCUT2D eigenvalue weighted by atomic mass is 10.2. The van der Waals surface area contributed by atoms with Crippen LogP contribution in [0, 0.1) is 0 Å². The Morgan fingerprint density at radius 1 is 1.37 bits per heavy atom. The Balaban J connectivity index is 2.77. The average Bonchev–Trinajstić information content (AvgIpc) is 2.36. The van der Waals surface area contributed by atoms with Gasteiger partial charge in [0, 0.05) is 24.7 Å². The minimum Gasteiger partial charge on any atom is -0.493 e. The molecule has 0 atom stereocenters. The first-order chi connectivity index (χ1) is 9.06. The van der Waals surface area contributed by atoms with E-state index in [9.17, 15) is 13.6 Å². The van der Waals surface area contributed by atoms with Gasteiger partial charge in [0.25, 0.3) is 0 Å². The molecule has 0 saturated heterocycles. The van der Waals surface area contributed by atoms with Gasteiger partial charge in [-0.05, 0) is 19.2 Å². The van der Waals surface area contributed by atoms with Gasteiger partial charge in [-0.3, -0.25) is 4.79 Å². The molecule has 19 heavy (non-hydrogen) atoms. The summed E-state index contributed by atoms with van der Waals surface area (Å²) in [5, 5.41) is 5.42. The largest absolute Gasteiger partial charge is 0.493 e. The molecule has 0 aliphatic heterocycles. The molecule has 0 radical (unpaired) electrons. The summed E-state index contributed by atoms with van der Waals surface area (Å²) in [6, 6.07) is 4.29. The zero-order valence-corrected chi connectivity index (χ0v) is 10.7. The Bertz CT molecular complexity index is 427. The predicted octanol–water partition coefficient (Wildman–Crippen LogP) is 1.84. The number of hydrogen-bond acceptors (Lipinski definition) is 4. The lowest BCUT2D eigenvalue weighted by Crippen LogP contribution is -2.18. The van der Waals surface area contributed by atoms with Crippen molar-refractivity contribution in [3.05, 3.63) is 18.2 Å². The van der Waals surface area contributed by atoms with Crippen LogP contribution in [0.2, 0.25) is 0 Å². The topological polar surface area (TPSA) is 59.6 Å². The second-order valence-electron chi connectivity index (χ2n) is 3.65. The van der Waals surface area contributed by atoms with Crippen LogP contribution in [0.4, 0.5) is 14.5 Å². The SMILES string of the molecule is CNCCC(=O)Nc1ccc(OC)c(OC(F)F)c1. The maximum Gasteiger partial charge on any atom is 0.387 e. The number of carbonyl (C=O) groups excluding carboxylic acids is 1. The fourth-order valence-electron chi connectivity index (χ4n) is 1.40. The van der Waals surface area contributed by atoms with Gasteiger partial charge in [-0.15, -0.1) is 0 Å². The molecule has 0 heterocycles. The monoisotopic (exact) mass is 274 g/mol. The highest BCUT2D eigenvalue weighted by Gasteiger charge is 2.12. The third-order valence-electron chi connectivity index (χ3n) is 2.27. The fourth-order valence-corrected chi connectivity index (χ4v) is 1.40. The number of carbonyl (C=O) groups is 1. The molecule has 2 N–H and O–H groups in total. The Labute approximate surface area is 109 Å². The van der Waals surface area contributed by atoms with Crippen LogP contribution in [-0.2, 0) is 4.79 Å².